The standard InChI is InChI=1S/C18H24N2O2/c1-6-20(7-2)18(21)16-12(3)17(13(4)22-5)19-15-11-9-8-10-14(15)16/h8-11,13H,6-7H2,1-5H3. The first-order chi connectivity index (χ1) is 10.5. The van der Waals surface area contributed by atoms with Crippen LogP contribution in [0.3, 0.4) is 0 Å². The molecule has 22 heavy (non-hydrogen) atoms. The number of aromatic nitrogens is 1. The molecule has 1 aromatic carbocycles. The third-order valence-electron chi connectivity index (χ3n) is 4.18. The Morgan fingerprint density at radius 3 is 2.50 bits per heavy atom. The smallest absolute Gasteiger partial charge is 0.254 e. The number of amides is 1. The molecular formula is C18H24N2O2. The molecule has 2 rings (SSSR count). The third kappa shape index (κ3) is 2.83. The maximum atomic E-state index is 13.0. The summed E-state index contributed by atoms with van der Waals surface area (Å²) < 4.78 is 5.43. The molecule has 2 aromatic rings. The van der Waals surface area contributed by atoms with Gasteiger partial charge in [0.2, 0.25) is 0 Å². The fourth-order valence-corrected chi connectivity index (χ4v) is 2.78. The topological polar surface area (TPSA) is 42.4 Å². The second-order valence-electron chi connectivity index (χ2n) is 5.37. The van der Waals surface area contributed by atoms with E-state index in [4.69, 9.17) is 9.72 Å². The lowest BCUT2D eigenvalue weighted by molar-refractivity contribution is 0.0773. The van der Waals surface area contributed by atoms with Gasteiger partial charge in [0.25, 0.3) is 5.91 Å². The van der Waals surface area contributed by atoms with Gasteiger partial charge >= 0.3 is 0 Å². The molecule has 0 N–H and O–H groups in total. The van der Waals surface area contributed by atoms with Gasteiger partial charge in [-0.25, -0.2) is 4.98 Å². The summed E-state index contributed by atoms with van der Waals surface area (Å²) >= 11 is 0. The van der Waals surface area contributed by atoms with Gasteiger partial charge in [-0.3, -0.25) is 4.79 Å². The van der Waals surface area contributed by atoms with Crippen LogP contribution < -0.4 is 0 Å². The first-order valence-corrected chi connectivity index (χ1v) is 7.76. The Morgan fingerprint density at radius 2 is 1.91 bits per heavy atom. The van der Waals surface area contributed by atoms with E-state index in [0.717, 1.165) is 27.7 Å². The van der Waals surface area contributed by atoms with Crippen LogP contribution in [0.4, 0.5) is 0 Å². The number of nitrogens with zero attached hydrogens (tertiary/aromatic N) is 2. The molecule has 0 saturated carbocycles. The lowest BCUT2D eigenvalue weighted by atomic mass is 9.98. The van der Waals surface area contributed by atoms with Gasteiger partial charge in [0.15, 0.2) is 0 Å². The zero-order valence-corrected chi connectivity index (χ0v) is 14.0. The minimum absolute atomic E-state index is 0.0608. The summed E-state index contributed by atoms with van der Waals surface area (Å²) in [5.74, 6) is 0.0608. The number of benzene rings is 1. The average molecular weight is 300 g/mol. The predicted octanol–water partition coefficient (Wildman–Crippen LogP) is 3.73. The maximum absolute atomic E-state index is 13.0. The Hall–Kier alpha value is -1.94. The van der Waals surface area contributed by atoms with Crippen LogP contribution in [0.2, 0.25) is 0 Å². The zero-order valence-electron chi connectivity index (χ0n) is 14.0. The van der Waals surface area contributed by atoms with Crippen molar-refractivity contribution in [2.45, 2.75) is 33.8 Å². The molecule has 0 fully saturated rings. The SMILES string of the molecule is CCN(CC)C(=O)c1c(C)c(C(C)OC)nc2ccccc12. The van der Waals surface area contributed by atoms with Crippen molar-refractivity contribution in [1.29, 1.82) is 0 Å². The van der Waals surface area contributed by atoms with Crippen molar-refractivity contribution in [3.8, 4) is 0 Å². The summed E-state index contributed by atoms with van der Waals surface area (Å²) in [7, 11) is 1.66. The molecule has 0 aliphatic heterocycles. The van der Waals surface area contributed by atoms with Gasteiger partial charge in [-0.2, -0.15) is 0 Å². The number of carbonyl (C=O) groups is 1. The number of ether oxygens (including phenoxy) is 1. The Kier molecular flexibility index (Phi) is 5.14. The lowest BCUT2D eigenvalue weighted by Gasteiger charge is -2.23. The molecule has 0 spiro atoms. The molecule has 0 bridgehead atoms. The summed E-state index contributed by atoms with van der Waals surface area (Å²) in [6, 6.07) is 7.80. The fourth-order valence-electron chi connectivity index (χ4n) is 2.78. The molecular weight excluding hydrogens is 276 g/mol. The summed E-state index contributed by atoms with van der Waals surface area (Å²) in [5.41, 5.74) is 3.32. The number of fused-ring (bicyclic) bond motifs is 1. The van der Waals surface area contributed by atoms with Gasteiger partial charge < -0.3 is 9.64 Å². The molecule has 0 aliphatic carbocycles. The van der Waals surface area contributed by atoms with Gasteiger partial charge in [-0.05, 0) is 39.3 Å². The average Bonchev–Trinajstić information content (AvgIpc) is 2.54. The van der Waals surface area contributed by atoms with Crippen LogP contribution >= 0.6 is 0 Å². The van der Waals surface area contributed by atoms with Crippen molar-refractivity contribution in [3.63, 3.8) is 0 Å². The number of methoxy groups -OCH3 is 1. The summed E-state index contributed by atoms with van der Waals surface area (Å²) in [6.07, 6.45) is -0.146. The summed E-state index contributed by atoms with van der Waals surface area (Å²) in [5, 5.41) is 0.906. The molecule has 0 aliphatic rings. The number of pyridine rings is 1. The van der Waals surface area contributed by atoms with E-state index in [9.17, 15) is 4.79 Å². The fraction of sp³-hybridized carbons (Fsp3) is 0.444. The number of hydrogen-bond donors (Lipinski definition) is 0. The molecule has 1 aromatic heterocycles. The van der Waals surface area contributed by atoms with E-state index in [1.165, 1.54) is 0 Å². The van der Waals surface area contributed by atoms with E-state index in [1.807, 2.05) is 56.9 Å². The summed E-state index contributed by atoms with van der Waals surface area (Å²) in [6.45, 7) is 9.30. The Bertz CT molecular complexity index is 678. The highest BCUT2D eigenvalue weighted by Gasteiger charge is 2.23. The van der Waals surface area contributed by atoms with Crippen LogP contribution in [0.5, 0.6) is 0 Å². The van der Waals surface area contributed by atoms with Crippen molar-refractivity contribution in [1.82, 2.24) is 9.88 Å². The first-order valence-electron chi connectivity index (χ1n) is 7.76. The second kappa shape index (κ2) is 6.88. The Labute approximate surface area is 132 Å². The molecule has 1 unspecified atom stereocenters. The molecule has 1 atom stereocenters. The van der Waals surface area contributed by atoms with Gasteiger partial charge in [0, 0.05) is 25.6 Å². The van der Waals surface area contributed by atoms with Crippen LogP contribution in [-0.4, -0.2) is 36.0 Å². The highest BCUT2D eigenvalue weighted by molar-refractivity contribution is 6.07. The monoisotopic (exact) mass is 300 g/mol. The van der Waals surface area contributed by atoms with Crippen LogP contribution in [0.1, 0.15) is 48.5 Å². The minimum Gasteiger partial charge on any atom is -0.375 e. The van der Waals surface area contributed by atoms with Gasteiger partial charge in [0.1, 0.15) is 0 Å². The number of carbonyl (C=O) groups excluding carboxylic acids is 1. The maximum Gasteiger partial charge on any atom is 0.254 e. The molecule has 4 nitrogen and oxygen atoms in total. The lowest BCUT2D eigenvalue weighted by Crippen LogP contribution is -2.31. The minimum atomic E-state index is -0.146. The molecule has 118 valence electrons. The van der Waals surface area contributed by atoms with Crippen LogP contribution in [0, 0.1) is 6.92 Å². The van der Waals surface area contributed by atoms with Crippen molar-refractivity contribution >= 4 is 16.8 Å². The second-order valence-corrected chi connectivity index (χ2v) is 5.37. The molecule has 0 radical (unpaired) electrons. The van der Waals surface area contributed by atoms with Gasteiger partial charge in [0.05, 0.1) is 22.9 Å². The van der Waals surface area contributed by atoms with Crippen molar-refractivity contribution in [2.75, 3.05) is 20.2 Å². The largest absolute Gasteiger partial charge is 0.375 e. The van der Waals surface area contributed by atoms with E-state index in [1.54, 1.807) is 7.11 Å². The third-order valence-corrected chi connectivity index (χ3v) is 4.18. The number of para-hydroxylation sites is 1. The zero-order chi connectivity index (χ0) is 16.3. The van der Waals surface area contributed by atoms with E-state index < -0.39 is 0 Å². The molecule has 1 amide bonds. The molecule has 1 heterocycles. The van der Waals surface area contributed by atoms with Gasteiger partial charge in [-0.1, -0.05) is 18.2 Å². The summed E-state index contributed by atoms with van der Waals surface area (Å²) in [4.78, 5) is 19.5. The number of hydrogen-bond acceptors (Lipinski definition) is 3. The van der Waals surface area contributed by atoms with E-state index in [2.05, 4.69) is 0 Å². The first kappa shape index (κ1) is 16.4. The van der Waals surface area contributed by atoms with Crippen molar-refractivity contribution in [3.05, 3.63) is 41.1 Å². The predicted molar refractivity (Wildman–Crippen MR) is 89.2 cm³/mol. The van der Waals surface area contributed by atoms with Crippen molar-refractivity contribution in [2.24, 2.45) is 0 Å². The van der Waals surface area contributed by atoms with E-state index >= 15 is 0 Å². The molecule has 0 saturated heterocycles. The van der Waals surface area contributed by atoms with E-state index in [0.29, 0.717) is 13.1 Å². The van der Waals surface area contributed by atoms with Crippen LogP contribution in [-0.2, 0) is 4.74 Å². The number of rotatable bonds is 5. The van der Waals surface area contributed by atoms with Gasteiger partial charge in [-0.15, -0.1) is 0 Å². The highest BCUT2D eigenvalue weighted by atomic mass is 16.5. The quantitative estimate of drug-likeness (QED) is 0.845. The van der Waals surface area contributed by atoms with Crippen molar-refractivity contribution < 1.29 is 9.53 Å². The van der Waals surface area contributed by atoms with E-state index in [-0.39, 0.29) is 12.0 Å². The Morgan fingerprint density at radius 1 is 1.27 bits per heavy atom. The highest BCUT2D eigenvalue weighted by Crippen LogP contribution is 2.28. The normalized spacial score (nSPS) is 12.4. The Balaban J connectivity index is 2.74. The molecule has 4 heteroatoms. The van der Waals surface area contributed by atoms with Crippen LogP contribution in [0.25, 0.3) is 10.9 Å². The van der Waals surface area contributed by atoms with Crippen LogP contribution in [0.15, 0.2) is 24.3 Å².